The Morgan fingerprint density at radius 2 is 1.84 bits per heavy atom. The molecule has 0 aliphatic heterocycles. The van der Waals surface area contributed by atoms with Crippen LogP contribution in [0.25, 0.3) is 0 Å². The van der Waals surface area contributed by atoms with Crippen LogP contribution in [0.5, 0.6) is 0 Å². The second kappa shape index (κ2) is 8.62. The molecule has 0 saturated carbocycles. The average molecular weight is 455 g/mol. The Balaban J connectivity index is 2.07. The number of Topliss-reactive ketones (excluding diaryl/α,β-unsaturated/α-hetero) is 1. The van der Waals surface area contributed by atoms with Crippen molar-refractivity contribution in [2.45, 2.75) is 26.8 Å². The number of halogens is 1. The van der Waals surface area contributed by atoms with E-state index in [1.807, 2.05) is 39.0 Å². The topological polar surface area (TPSA) is 57.5 Å². The zero-order valence-electron chi connectivity index (χ0n) is 14.8. The number of carbonyl (C=O) groups is 2. The Morgan fingerprint density at radius 1 is 1.20 bits per heavy atom. The van der Waals surface area contributed by atoms with Crippen LogP contribution in [0, 0.1) is 17.4 Å². The summed E-state index contributed by atoms with van der Waals surface area (Å²) in [5, 5.41) is 0. The van der Waals surface area contributed by atoms with E-state index < -0.39 is 5.97 Å². The van der Waals surface area contributed by atoms with Crippen LogP contribution in [0.15, 0.2) is 30.3 Å². The minimum absolute atomic E-state index is 0.126. The molecule has 0 fully saturated rings. The number of rotatable bonds is 7. The first-order chi connectivity index (χ1) is 11.8. The molecule has 0 aliphatic carbocycles. The van der Waals surface area contributed by atoms with E-state index in [2.05, 4.69) is 27.2 Å². The number of aromatic nitrogens is 1. The molecule has 1 heterocycles. The highest BCUT2D eigenvalue weighted by atomic mass is 127. The molecule has 0 bridgehead atoms. The predicted molar refractivity (Wildman–Crippen MR) is 104 cm³/mol. The third-order valence-corrected chi connectivity index (χ3v) is 4.77. The quantitative estimate of drug-likeness (QED) is 0.361. The Bertz CT molecular complexity index is 764. The molecule has 2 rings (SSSR count). The number of aryl methyl sites for hydroxylation is 1. The number of carbonyl (C=O) groups excluding carboxylic acids is 2. The second-order valence-electron chi connectivity index (χ2n) is 5.97. The van der Waals surface area contributed by atoms with Crippen LogP contribution in [-0.2, 0) is 9.47 Å². The molecule has 1 unspecified atom stereocenters. The van der Waals surface area contributed by atoms with Gasteiger partial charge in [-0.2, -0.15) is 0 Å². The predicted octanol–water partition coefficient (Wildman–Crippen LogP) is 3.96. The van der Waals surface area contributed by atoms with Crippen molar-refractivity contribution in [3.63, 3.8) is 0 Å². The third kappa shape index (κ3) is 4.70. The molecule has 0 radical (unpaired) electrons. The van der Waals surface area contributed by atoms with Crippen molar-refractivity contribution in [1.82, 2.24) is 4.57 Å². The number of ketones is 1. The minimum atomic E-state index is -0.494. The summed E-state index contributed by atoms with van der Waals surface area (Å²) in [7, 11) is 1.65. The van der Waals surface area contributed by atoms with E-state index in [4.69, 9.17) is 9.47 Å². The summed E-state index contributed by atoms with van der Waals surface area (Å²) in [6, 6.07) is 8.98. The number of esters is 1. The molecule has 1 atom stereocenters. The van der Waals surface area contributed by atoms with Crippen LogP contribution in [0.3, 0.4) is 0 Å². The summed E-state index contributed by atoms with van der Waals surface area (Å²) >= 11 is 2.16. The van der Waals surface area contributed by atoms with Gasteiger partial charge in [0.1, 0.15) is 0 Å². The van der Waals surface area contributed by atoms with Crippen molar-refractivity contribution in [3.8, 4) is 0 Å². The lowest BCUT2D eigenvalue weighted by molar-refractivity contribution is 0.0474. The molecule has 1 aromatic carbocycles. The zero-order chi connectivity index (χ0) is 18.6. The summed E-state index contributed by atoms with van der Waals surface area (Å²) in [5.41, 5.74) is 2.86. The summed E-state index contributed by atoms with van der Waals surface area (Å²) in [5.74, 6) is -0.700. The Labute approximate surface area is 161 Å². The molecule has 0 spiro atoms. The van der Waals surface area contributed by atoms with Crippen molar-refractivity contribution in [2.24, 2.45) is 0 Å². The number of nitrogens with zero attached hydrogens (tertiary/aromatic N) is 1. The highest BCUT2D eigenvalue weighted by Crippen LogP contribution is 2.21. The molecule has 0 aliphatic rings. The number of hydrogen-bond acceptors (Lipinski definition) is 4. The van der Waals surface area contributed by atoms with Gasteiger partial charge in [-0.15, -0.1) is 0 Å². The maximum atomic E-state index is 12.5. The van der Waals surface area contributed by atoms with Gasteiger partial charge in [-0.3, -0.25) is 4.79 Å². The Morgan fingerprint density at radius 3 is 2.44 bits per heavy atom. The van der Waals surface area contributed by atoms with Crippen molar-refractivity contribution >= 4 is 34.3 Å². The van der Waals surface area contributed by atoms with Crippen LogP contribution in [0.1, 0.15) is 45.1 Å². The van der Waals surface area contributed by atoms with Gasteiger partial charge in [0.05, 0.1) is 18.2 Å². The number of ether oxygens (including phenoxy) is 2. The van der Waals surface area contributed by atoms with E-state index in [9.17, 15) is 9.59 Å². The van der Waals surface area contributed by atoms with E-state index in [1.165, 1.54) is 0 Å². The van der Waals surface area contributed by atoms with Gasteiger partial charge in [0.2, 0.25) is 5.78 Å². The molecule has 0 saturated heterocycles. The fourth-order valence-electron chi connectivity index (χ4n) is 2.93. The van der Waals surface area contributed by atoms with E-state index in [1.54, 1.807) is 19.2 Å². The largest absolute Gasteiger partial charge is 0.454 e. The maximum Gasteiger partial charge on any atom is 0.338 e. The first-order valence-corrected chi connectivity index (χ1v) is 9.06. The van der Waals surface area contributed by atoms with E-state index in [-0.39, 0.29) is 18.4 Å². The number of methoxy groups -OCH3 is 1. The first-order valence-electron chi connectivity index (χ1n) is 7.98. The summed E-state index contributed by atoms with van der Waals surface area (Å²) < 4.78 is 13.5. The van der Waals surface area contributed by atoms with Crippen molar-refractivity contribution in [1.29, 1.82) is 0 Å². The molecule has 25 heavy (non-hydrogen) atoms. The third-order valence-electron chi connectivity index (χ3n) is 4.05. The van der Waals surface area contributed by atoms with Gasteiger partial charge in [-0.25, -0.2) is 4.79 Å². The van der Waals surface area contributed by atoms with Crippen LogP contribution in [0.2, 0.25) is 0 Å². The lowest BCUT2D eigenvalue weighted by Gasteiger charge is -2.17. The van der Waals surface area contributed by atoms with Crippen LogP contribution in [0.4, 0.5) is 0 Å². The van der Waals surface area contributed by atoms with Crippen LogP contribution in [-0.4, -0.2) is 36.6 Å². The van der Waals surface area contributed by atoms with Crippen LogP contribution >= 0.6 is 22.6 Å². The van der Waals surface area contributed by atoms with Gasteiger partial charge in [0, 0.05) is 27.6 Å². The standard InChI is InChI=1S/C19H22INO4/c1-12-9-17(14(3)21(12)13(2)10-24-4)18(22)11-25-19(23)15-5-7-16(20)8-6-15/h5-9,13H,10-11H2,1-4H3. The molecular weight excluding hydrogens is 433 g/mol. The summed E-state index contributed by atoms with van der Waals surface area (Å²) in [6.07, 6.45) is 0. The molecular formula is C19H22INO4. The molecule has 5 nitrogen and oxygen atoms in total. The number of hydrogen-bond donors (Lipinski definition) is 0. The molecule has 134 valence electrons. The molecule has 0 amide bonds. The van der Waals surface area contributed by atoms with Gasteiger partial charge in [0.15, 0.2) is 6.61 Å². The van der Waals surface area contributed by atoms with Gasteiger partial charge in [-0.1, -0.05) is 0 Å². The zero-order valence-corrected chi connectivity index (χ0v) is 17.0. The first kappa shape index (κ1) is 19.7. The van der Waals surface area contributed by atoms with Gasteiger partial charge in [-0.05, 0) is 73.7 Å². The smallest absolute Gasteiger partial charge is 0.338 e. The van der Waals surface area contributed by atoms with Gasteiger partial charge < -0.3 is 14.0 Å². The Hall–Kier alpha value is -1.67. The van der Waals surface area contributed by atoms with E-state index >= 15 is 0 Å². The fourth-order valence-corrected chi connectivity index (χ4v) is 3.29. The average Bonchev–Trinajstić information content (AvgIpc) is 2.88. The maximum absolute atomic E-state index is 12.5. The van der Waals surface area contributed by atoms with Gasteiger partial charge >= 0.3 is 5.97 Å². The number of benzene rings is 1. The van der Waals surface area contributed by atoms with Crippen molar-refractivity contribution < 1.29 is 19.1 Å². The molecule has 6 heteroatoms. The molecule has 0 N–H and O–H groups in total. The van der Waals surface area contributed by atoms with E-state index in [0.29, 0.717) is 17.7 Å². The highest BCUT2D eigenvalue weighted by molar-refractivity contribution is 14.1. The normalized spacial score (nSPS) is 12.0. The van der Waals surface area contributed by atoms with Crippen molar-refractivity contribution in [2.75, 3.05) is 20.3 Å². The van der Waals surface area contributed by atoms with Crippen molar-refractivity contribution in [3.05, 3.63) is 56.4 Å². The lowest BCUT2D eigenvalue weighted by Crippen LogP contribution is -2.17. The van der Waals surface area contributed by atoms with E-state index in [0.717, 1.165) is 15.0 Å². The SMILES string of the molecule is COCC(C)n1c(C)cc(C(=O)COC(=O)c2ccc(I)cc2)c1C. The minimum Gasteiger partial charge on any atom is -0.454 e. The molecule has 1 aromatic heterocycles. The van der Waals surface area contributed by atoms with Crippen LogP contribution < -0.4 is 0 Å². The fraction of sp³-hybridized carbons (Fsp3) is 0.368. The van der Waals surface area contributed by atoms with Gasteiger partial charge in [0.25, 0.3) is 0 Å². The summed E-state index contributed by atoms with van der Waals surface area (Å²) in [6.45, 7) is 6.18. The second-order valence-corrected chi connectivity index (χ2v) is 7.21. The lowest BCUT2D eigenvalue weighted by atomic mass is 10.1. The monoisotopic (exact) mass is 455 g/mol. The molecule has 2 aromatic rings. The summed E-state index contributed by atoms with van der Waals surface area (Å²) in [4.78, 5) is 24.5. The highest BCUT2D eigenvalue weighted by Gasteiger charge is 2.20. The Kier molecular flexibility index (Phi) is 6.78.